The molecule has 1 N–H and O–H groups in total. The van der Waals surface area contributed by atoms with Crippen LogP contribution >= 0.6 is 11.6 Å². The zero-order valence-electron chi connectivity index (χ0n) is 23.9. The third-order valence-electron chi connectivity index (χ3n) is 7.93. The van der Waals surface area contributed by atoms with Crippen molar-refractivity contribution in [2.24, 2.45) is 5.92 Å². The average Bonchev–Trinajstić information content (AvgIpc) is 3.29. The molecule has 5 rings (SSSR count). The molecule has 1 aliphatic rings. The summed E-state index contributed by atoms with van der Waals surface area (Å²) in [5, 5.41) is 19.3. The third-order valence-corrected chi connectivity index (χ3v) is 8.21. The average molecular weight is 562 g/mol. The van der Waals surface area contributed by atoms with E-state index in [1.54, 1.807) is 17.8 Å². The Morgan fingerprint density at radius 3 is 2.73 bits per heavy atom. The number of halogens is 1. The van der Waals surface area contributed by atoms with Gasteiger partial charge < -0.3 is 9.84 Å². The Hall–Kier alpha value is -3.49. The van der Waals surface area contributed by atoms with E-state index in [2.05, 4.69) is 53.1 Å². The fourth-order valence-corrected chi connectivity index (χ4v) is 6.19. The molecule has 0 amide bonds. The summed E-state index contributed by atoms with van der Waals surface area (Å²) in [5.41, 5.74) is 7.14. The van der Waals surface area contributed by atoms with Crippen molar-refractivity contribution < 1.29 is 14.6 Å². The molecule has 0 saturated carbocycles. The molecule has 8 nitrogen and oxygen atoms in total. The number of hydrogen-bond donors (Lipinski definition) is 1. The largest absolute Gasteiger partial charge is 0.486 e. The molecule has 2 unspecified atom stereocenters. The first-order valence-corrected chi connectivity index (χ1v) is 14.1. The summed E-state index contributed by atoms with van der Waals surface area (Å²) in [6, 6.07) is 10.1. The first-order valence-electron chi connectivity index (χ1n) is 13.7. The van der Waals surface area contributed by atoms with E-state index in [0.717, 1.165) is 51.2 Å². The second-order valence-corrected chi connectivity index (χ2v) is 11.9. The molecule has 210 valence electrons. The number of rotatable bonds is 7. The van der Waals surface area contributed by atoms with Crippen LogP contribution in [0, 0.1) is 19.8 Å². The van der Waals surface area contributed by atoms with Gasteiger partial charge >= 0.3 is 5.97 Å². The van der Waals surface area contributed by atoms with Gasteiger partial charge in [-0.2, -0.15) is 0 Å². The molecule has 3 heterocycles. The zero-order valence-corrected chi connectivity index (χ0v) is 24.7. The first-order chi connectivity index (χ1) is 19.0. The monoisotopic (exact) mass is 561 g/mol. The smallest absolute Gasteiger partial charge is 0.307 e. The van der Waals surface area contributed by atoms with Crippen molar-refractivity contribution in [2.45, 2.75) is 72.7 Å². The molecular formula is C31H36ClN5O3. The van der Waals surface area contributed by atoms with Gasteiger partial charge in [0.25, 0.3) is 0 Å². The molecule has 2 aromatic carbocycles. The number of carboxylic acid groups (broad SMARTS) is 1. The Balaban J connectivity index is 1.57. The minimum Gasteiger partial charge on any atom is -0.486 e. The van der Waals surface area contributed by atoms with Crippen LogP contribution in [0.1, 0.15) is 67.0 Å². The van der Waals surface area contributed by atoms with Crippen LogP contribution < -0.4 is 4.74 Å². The van der Waals surface area contributed by atoms with Gasteiger partial charge in [0, 0.05) is 50.1 Å². The Morgan fingerprint density at radius 2 is 2.00 bits per heavy atom. The van der Waals surface area contributed by atoms with E-state index in [1.165, 1.54) is 0 Å². The van der Waals surface area contributed by atoms with Gasteiger partial charge in [0.05, 0.1) is 10.9 Å². The van der Waals surface area contributed by atoms with Crippen molar-refractivity contribution in [3.63, 3.8) is 0 Å². The van der Waals surface area contributed by atoms with Crippen LogP contribution in [0.5, 0.6) is 5.75 Å². The summed E-state index contributed by atoms with van der Waals surface area (Å²) in [4.78, 5) is 19.1. The number of aromatic nitrogens is 4. The van der Waals surface area contributed by atoms with Crippen molar-refractivity contribution in [2.75, 3.05) is 6.54 Å². The van der Waals surface area contributed by atoms with Crippen LogP contribution in [0.15, 0.2) is 42.7 Å². The lowest BCUT2D eigenvalue weighted by Gasteiger charge is -2.30. The molecule has 0 bridgehead atoms. The minimum atomic E-state index is -0.865. The van der Waals surface area contributed by atoms with Crippen LogP contribution in [0.2, 0.25) is 5.02 Å². The lowest BCUT2D eigenvalue weighted by molar-refractivity contribution is -0.141. The van der Waals surface area contributed by atoms with Crippen molar-refractivity contribution in [1.29, 1.82) is 0 Å². The first kappa shape index (κ1) is 28.1. The van der Waals surface area contributed by atoms with Gasteiger partial charge in [0.2, 0.25) is 0 Å². The highest BCUT2D eigenvalue weighted by atomic mass is 35.5. The molecule has 9 heteroatoms. The molecule has 2 aromatic heterocycles. The number of benzene rings is 2. The summed E-state index contributed by atoms with van der Waals surface area (Å²) in [7, 11) is 0. The molecule has 2 atom stereocenters. The quantitative estimate of drug-likeness (QED) is 0.289. The molecule has 0 spiro atoms. The van der Waals surface area contributed by atoms with Crippen LogP contribution in [0.25, 0.3) is 11.0 Å². The van der Waals surface area contributed by atoms with E-state index < -0.39 is 17.8 Å². The number of ether oxygens (including phenoxy) is 1. The van der Waals surface area contributed by atoms with Gasteiger partial charge in [0.15, 0.2) is 0 Å². The van der Waals surface area contributed by atoms with E-state index in [1.807, 2.05) is 38.2 Å². The third kappa shape index (κ3) is 5.30. The maximum Gasteiger partial charge on any atom is 0.307 e. The summed E-state index contributed by atoms with van der Waals surface area (Å²) in [5.74, 6) is -1.10. The predicted octanol–water partition coefficient (Wildman–Crippen LogP) is 6.14. The standard InChI is InChI=1S/C31H36ClN5O3/c1-7-37-29-25(32)13-24(19(3)28(29)34-35-37)27(20(4)30(38)39)21-9-8-18(2)22(12-21)15-36-16-23-14-33-11-10-26(23)40-31(5,6)17-36/h8-14,20,27H,7,15-17H2,1-6H3,(H,38,39). The van der Waals surface area contributed by atoms with Crippen molar-refractivity contribution in [3.05, 3.63) is 81.1 Å². The fraction of sp³-hybridized carbons (Fsp3) is 0.419. The molecule has 0 radical (unpaired) electrons. The molecule has 0 saturated heterocycles. The number of pyridine rings is 1. The van der Waals surface area contributed by atoms with Crippen molar-refractivity contribution in [1.82, 2.24) is 24.9 Å². The minimum absolute atomic E-state index is 0.377. The summed E-state index contributed by atoms with van der Waals surface area (Å²) in [6.45, 7) is 14.8. The lowest BCUT2D eigenvalue weighted by atomic mass is 9.78. The number of carbonyl (C=O) groups is 1. The van der Waals surface area contributed by atoms with E-state index in [0.29, 0.717) is 30.2 Å². The Kier molecular flexibility index (Phi) is 7.59. The fourth-order valence-electron chi connectivity index (χ4n) is 5.88. The molecule has 0 aliphatic carbocycles. The van der Waals surface area contributed by atoms with Gasteiger partial charge in [-0.3, -0.25) is 14.7 Å². The van der Waals surface area contributed by atoms with Crippen LogP contribution in [0.3, 0.4) is 0 Å². The van der Waals surface area contributed by atoms with E-state index >= 15 is 0 Å². The maximum atomic E-state index is 12.4. The molecule has 1 aliphatic heterocycles. The van der Waals surface area contributed by atoms with Crippen molar-refractivity contribution >= 4 is 28.6 Å². The molecule has 0 fully saturated rings. The number of aryl methyl sites for hydroxylation is 3. The SMILES string of the molecule is CCn1nnc2c(C)c(C(c3ccc(C)c(CN4Cc5cnccc5OC(C)(C)C4)c3)C(C)C(=O)O)cc(Cl)c21. The second-order valence-electron chi connectivity index (χ2n) is 11.5. The lowest BCUT2D eigenvalue weighted by Crippen LogP contribution is -2.40. The number of fused-ring (bicyclic) bond motifs is 2. The van der Waals surface area contributed by atoms with Crippen LogP contribution in [0.4, 0.5) is 0 Å². The molecule has 4 aromatic rings. The topological polar surface area (TPSA) is 93.4 Å². The maximum absolute atomic E-state index is 12.4. The van der Waals surface area contributed by atoms with Gasteiger partial charge in [-0.1, -0.05) is 41.9 Å². The number of nitrogens with zero attached hydrogens (tertiary/aromatic N) is 5. The Morgan fingerprint density at radius 1 is 1.23 bits per heavy atom. The highest BCUT2D eigenvalue weighted by molar-refractivity contribution is 6.35. The zero-order chi connectivity index (χ0) is 28.8. The highest BCUT2D eigenvalue weighted by Gasteiger charge is 2.32. The molecule has 40 heavy (non-hydrogen) atoms. The van der Waals surface area contributed by atoms with Crippen molar-refractivity contribution in [3.8, 4) is 5.75 Å². The van der Waals surface area contributed by atoms with Gasteiger partial charge in [-0.05, 0) is 74.6 Å². The second kappa shape index (κ2) is 10.8. The predicted molar refractivity (Wildman–Crippen MR) is 156 cm³/mol. The van der Waals surface area contributed by atoms with Crippen LogP contribution in [-0.4, -0.2) is 48.1 Å². The van der Waals surface area contributed by atoms with E-state index in [4.69, 9.17) is 16.3 Å². The van der Waals surface area contributed by atoms with Gasteiger partial charge in [-0.15, -0.1) is 5.10 Å². The Labute approximate surface area is 239 Å². The van der Waals surface area contributed by atoms with Gasteiger partial charge in [-0.25, -0.2) is 4.68 Å². The normalized spacial score (nSPS) is 16.7. The number of hydrogen-bond acceptors (Lipinski definition) is 6. The Bertz CT molecular complexity index is 1580. The number of aliphatic carboxylic acids is 1. The summed E-state index contributed by atoms with van der Waals surface area (Å²) in [6.07, 6.45) is 3.63. The number of carboxylic acids is 1. The van der Waals surface area contributed by atoms with E-state index in [-0.39, 0.29) is 5.60 Å². The highest BCUT2D eigenvalue weighted by Crippen LogP contribution is 2.40. The molecular weight excluding hydrogens is 526 g/mol. The van der Waals surface area contributed by atoms with E-state index in [9.17, 15) is 9.90 Å². The summed E-state index contributed by atoms with van der Waals surface area (Å²) >= 11 is 6.77. The van der Waals surface area contributed by atoms with Gasteiger partial charge in [0.1, 0.15) is 22.4 Å². The summed E-state index contributed by atoms with van der Waals surface area (Å²) < 4.78 is 8.09. The van der Waals surface area contributed by atoms with Crippen LogP contribution in [-0.2, 0) is 24.4 Å².